The summed E-state index contributed by atoms with van der Waals surface area (Å²) in [7, 11) is 6.47. The molecule has 0 aliphatic rings. The standard InChI is InChI=1S/C12H19NO4/c1-14-8-13-7-9-5-11(16-3)12(17-4)6-10(9)15-2/h5-6,13H,7-8H2,1-4H3. The van der Waals surface area contributed by atoms with Crippen LogP contribution in [-0.2, 0) is 11.3 Å². The molecular formula is C12H19NO4. The van der Waals surface area contributed by atoms with Gasteiger partial charge in [0.25, 0.3) is 0 Å². The zero-order valence-electron chi connectivity index (χ0n) is 10.7. The van der Waals surface area contributed by atoms with E-state index in [4.69, 9.17) is 18.9 Å². The molecule has 0 atom stereocenters. The maximum Gasteiger partial charge on any atom is 0.164 e. The van der Waals surface area contributed by atoms with Crippen LogP contribution in [0.5, 0.6) is 17.2 Å². The Hall–Kier alpha value is -1.46. The highest BCUT2D eigenvalue weighted by molar-refractivity contribution is 5.50. The van der Waals surface area contributed by atoms with E-state index in [-0.39, 0.29) is 0 Å². The summed E-state index contributed by atoms with van der Waals surface area (Å²) in [6.07, 6.45) is 0. The summed E-state index contributed by atoms with van der Waals surface area (Å²) in [6.45, 7) is 1.12. The van der Waals surface area contributed by atoms with Crippen LogP contribution in [0.3, 0.4) is 0 Å². The van der Waals surface area contributed by atoms with Gasteiger partial charge in [0.2, 0.25) is 0 Å². The molecule has 1 aromatic carbocycles. The average molecular weight is 241 g/mol. The van der Waals surface area contributed by atoms with Crippen molar-refractivity contribution in [2.75, 3.05) is 35.2 Å². The topological polar surface area (TPSA) is 49.0 Å². The second-order valence-corrected chi connectivity index (χ2v) is 3.38. The van der Waals surface area contributed by atoms with E-state index in [1.807, 2.05) is 12.1 Å². The van der Waals surface area contributed by atoms with Crippen LogP contribution >= 0.6 is 0 Å². The molecule has 0 aromatic heterocycles. The van der Waals surface area contributed by atoms with Gasteiger partial charge < -0.3 is 18.9 Å². The fourth-order valence-corrected chi connectivity index (χ4v) is 1.52. The maximum atomic E-state index is 5.30. The zero-order valence-corrected chi connectivity index (χ0v) is 10.7. The third-order valence-electron chi connectivity index (χ3n) is 2.35. The smallest absolute Gasteiger partial charge is 0.164 e. The average Bonchev–Trinajstić information content (AvgIpc) is 2.38. The second-order valence-electron chi connectivity index (χ2n) is 3.38. The summed E-state index contributed by atoms with van der Waals surface area (Å²) in [4.78, 5) is 0. The highest BCUT2D eigenvalue weighted by atomic mass is 16.5. The van der Waals surface area contributed by atoms with Crippen LogP contribution in [0.4, 0.5) is 0 Å². The molecule has 5 heteroatoms. The summed E-state index contributed by atoms with van der Waals surface area (Å²) in [5, 5.41) is 3.12. The van der Waals surface area contributed by atoms with Crippen molar-refractivity contribution in [2.45, 2.75) is 6.54 Å². The van der Waals surface area contributed by atoms with E-state index in [0.717, 1.165) is 11.3 Å². The van der Waals surface area contributed by atoms with Crippen molar-refractivity contribution >= 4 is 0 Å². The molecule has 0 aliphatic carbocycles. The Morgan fingerprint density at radius 2 is 1.47 bits per heavy atom. The molecule has 0 radical (unpaired) electrons. The van der Waals surface area contributed by atoms with Gasteiger partial charge in [-0.25, -0.2) is 0 Å². The zero-order chi connectivity index (χ0) is 12.7. The molecule has 0 fully saturated rings. The first-order valence-electron chi connectivity index (χ1n) is 5.25. The van der Waals surface area contributed by atoms with E-state index in [9.17, 15) is 0 Å². The Kier molecular flexibility index (Phi) is 5.59. The van der Waals surface area contributed by atoms with Crippen LogP contribution in [0.15, 0.2) is 12.1 Å². The number of methoxy groups -OCH3 is 4. The molecule has 0 saturated heterocycles. The monoisotopic (exact) mass is 241 g/mol. The molecule has 0 amide bonds. The summed E-state index contributed by atoms with van der Waals surface area (Å²) in [5.74, 6) is 2.09. The molecule has 0 aliphatic heterocycles. The summed E-state index contributed by atoms with van der Waals surface area (Å²) < 4.78 is 20.7. The van der Waals surface area contributed by atoms with E-state index in [1.165, 1.54) is 0 Å². The summed E-state index contributed by atoms with van der Waals surface area (Å²) in [6, 6.07) is 3.70. The first kappa shape index (κ1) is 13.6. The third kappa shape index (κ3) is 3.51. The lowest BCUT2D eigenvalue weighted by atomic mass is 10.1. The van der Waals surface area contributed by atoms with Gasteiger partial charge in [0, 0.05) is 25.3 Å². The summed E-state index contributed by atoms with van der Waals surface area (Å²) >= 11 is 0. The molecule has 1 N–H and O–H groups in total. The van der Waals surface area contributed by atoms with Gasteiger partial charge in [-0.3, -0.25) is 5.32 Å². The minimum Gasteiger partial charge on any atom is -0.496 e. The Bertz CT molecular complexity index is 355. The van der Waals surface area contributed by atoms with Crippen molar-refractivity contribution in [1.82, 2.24) is 5.32 Å². The lowest BCUT2D eigenvalue weighted by molar-refractivity contribution is 0.174. The fourth-order valence-electron chi connectivity index (χ4n) is 1.52. The van der Waals surface area contributed by atoms with Crippen LogP contribution < -0.4 is 19.5 Å². The SMILES string of the molecule is COCNCc1cc(OC)c(OC)cc1OC. The quantitative estimate of drug-likeness (QED) is 0.577. The highest BCUT2D eigenvalue weighted by Gasteiger charge is 2.11. The van der Waals surface area contributed by atoms with E-state index in [2.05, 4.69) is 5.32 Å². The molecule has 0 saturated carbocycles. The predicted octanol–water partition coefficient (Wildman–Crippen LogP) is 1.41. The molecular weight excluding hydrogens is 222 g/mol. The summed E-state index contributed by atoms with van der Waals surface area (Å²) in [5.41, 5.74) is 0.988. The van der Waals surface area contributed by atoms with Crippen molar-refractivity contribution in [2.24, 2.45) is 0 Å². The highest BCUT2D eigenvalue weighted by Crippen LogP contribution is 2.34. The number of hydrogen-bond donors (Lipinski definition) is 1. The lowest BCUT2D eigenvalue weighted by Crippen LogP contribution is -2.16. The first-order chi connectivity index (χ1) is 8.26. The largest absolute Gasteiger partial charge is 0.496 e. The number of benzene rings is 1. The molecule has 1 rings (SSSR count). The molecule has 5 nitrogen and oxygen atoms in total. The minimum absolute atomic E-state index is 0.484. The van der Waals surface area contributed by atoms with Gasteiger partial charge in [0.1, 0.15) is 5.75 Å². The number of ether oxygens (including phenoxy) is 4. The fraction of sp³-hybridized carbons (Fsp3) is 0.500. The van der Waals surface area contributed by atoms with Crippen molar-refractivity contribution < 1.29 is 18.9 Å². The molecule has 0 heterocycles. The predicted molar refractivity (Wildman–Crippen MR) is 64.8 cm³/mol. The van der Waals surface area contributed by atoms with Gasteiger partial charge in [-0.15, -0.1) is 0 Å². The van der Waals surface area contributed by atoms with Gasteiger partial charge in [0.15, 0.2) is 11.5 Å². The Morgan fingerprint density at radius 1 is 0.882 bits per heavy atom. The second kappa shape index (κ2) is 6.98. The van der Waals surface area contributed by atoms with E-state index in [1.54, 1.807) is 28.4 Å². The van der Waals surface area contributed by atoms with Crippen molar-refractivity contribution in [3.8, 4) is 17.2 Å². The van der Waals surface area contributed by atoms with Gasteiger partial charge in [-0.2, -0.15) is 0 Å². The molecule has 0 bridgehead atoms. The van der Waals surface area contributed by atoms with Gasteiger partial charge >= 0.3 is 0 Å². The van der Waals surface area contributed by atoms with E-state index in [0.29, 0.717) is 24.8 Å². The van der Waals surface area contributed by atoms with Crippen LogP contribution in [0.1, 0.15) is 5.56 Å². The molecule has 17 heavy (non-hydrogen) atoms. The van der Waals surface area contributed by atoms with Crippen molar-refractivity contribution in [3.63, 3.8) is 0 Å². The molecule has 96 valence electrons. The molecule has 1 aromatic rings. The van der Waals surface area contributed by atoms with Crippen LogP contribution in [0.2, 0.25) is 0 Å². The maximum absolute atomic E-state index is 5.30. The Morgan fingerprint density at radius 3 is 2.00 bits per heavy atom. The van der Waals surface area contributed by atoms with Crippen LogP contribution in [-0.4, -0.2) is 35.2 Å². The van der Waals surface area contributed by atoms with Crippen molar-refractivity contribution in [3.05, 3.63) is 17.7 Å². The van der Waals surface area contributed by atoms with Gasteiger partial charge in [-0.05, 0) is 6.07 Å². The minimum atomic E-state index is 0.484. The number of rotatable bonds is 7. The number of hydrogen-bond acceptors (Lipinski definition) is 5. The van der Waals surface area contributed by atoms with Crippen LogP contribution in [0.25, 0.3) is 0 Å². The normalized spacial score (nSPS) is 10.1. The third-order valence-corrected chi connectivity index (χ3v) is 2.35. The molecule has 0 spiro atoms. The first-order valence-corrected chi connectivity index (χ1v) is 5.25. The molecule has 0 unspecified atom stereocenters. The van der Waals surface area contributed by atoms with E-state index < -0.39 is 0 Å². The van der Waals surface area contributed by atoms with E-state index >= 15 is 0 Å². The lowest BCUT2D eigenvalue weighted by Gasteiger charge is -2.14. The Balaban J connectivity index is 2.93. The number of nitrogens with one attached hydrogen (secondary N) is 1. The van der Waals surface area contributed by atoms with Gasteiger partial charge in [-0.1, -0.05) is 0 Å². The van der Waals surface area contributed by atoms with Crippen molar-refractivity contribution in [1.29, 1.82) is 0 Å². The van der Waals surface area contributed by atoms with Crippen LogP contribution in [0, 0.1) is 0 Å². The Labute approximate surface area is 102 Å². The van der Waals surface area contributed by atoms with Gasteiger partial charge in [0.05, 0.1) is 28.1 Å².